The molecule has 3 rings (SSSR count). The van der Waals surface area contributed by atoms with Gasteiger partial charge < -0.3 is 5.32 Å². The van der Waals surface area contributed by atoms with E-state index in [2.05, 4.69) is 40.8 Å². The molecular formula is C15H14N2. The Hall–Kier alpha value is -1.85. The zero-order chi connectivity index (χ0) is 11.7. The molecule has 1 saturated heterocycles. The van der Waals surface area contributed by atoms with E-state index in [0.717, 1.165) is 30.6 Å². The van der Waals surface area contributed by atoms with Crippen LogP contribution in [0.3, 0.4) is 0 Å². The highest BCUT2D eigenvalue weighted by molar-refractivity contribution is 5.76. The Morgan fingerprint density at radius 1 is 1.29 bits per heavy atom. The number of pyridine rings is 1. The predicted molar refractivity (Wildman–Crippen MR) is 68.5 cm³/mol. The van der Waals surface area contributed by atoms with E-state index in [4.69, 9.17) is 0 Å². The van der Waals surface area contributed by atoms with Crippen molar-refractivity contribution in [3.63, 3.8) is 0 Å². The van der Waals surface area contributed by atoms with Crippen molar-refractivity contribution in [3.05, 3.63) is 58.3 Å². The Kier molecular flexibility index (Phi) is 2.55. The number of fused-ring (bicyclic) bond motifs is 1. The molecule has 1 aromatic rings. The third-order valence-electron chi connectivity index (χ3n) is 3.11. The molecule has 2 heterocycles. The molecule has 2 heteroatoms. The molecule has 0 bridgehead atoms. The van der Waals surface area contributed by atoms with E-state index in [-0.39, 0.29) is 0 Å². The molecule has 1 N–H and O–H groups in total. The quantitative estimate of drug-likeness (QED) is 0.738. The molecule has 17 heavy (non-hydrogen) atoms. The number of hydrogen-bond acceptors (Lipinski definition) is 2. The summed E-state index contributed by atoms with van der Waals surface area (Å²) in [6.45, 7) is 4.02. The van der Waals surface area contributed by atoms with E-state index in [9.17, 15) is 0 Å². The summed E-state index contributed by atoms with van der Waals surface area (Å²) in [4.78, 5) is 4.23. The van der Waals surface area contributed by atoms with Crippen molar-refractivity contribution >= 4 is 5.57 Å². The fourth-order valence-electron chi connectivity index (χ4n) is 2.20. The molecule has 1 aliphatic carbocycles. The average molecular weight is 222 g/mol. The lowest BCUT2D eigenvalue weighted by Gasteiger charge is -2.19. The van der Waals surface area contributed by atoms with Crippen LogP contribution in [0.25, 0.3) is 5.57 Å². The van der Waals surface area contributed by atoms with Crippen LogP contribution in [0.5, 0.6) is 0 Å². The largest absolute Gasteiger partial charge is 0.312 e. The normalized spacial score (nSPS) is 18.1. The summed E-state index contributed by atoms with van der Waals surface area (Å²) in [5, 5.41) is 3.35. The van der Waals surface area contributed by atoms with Gasteiger partial charge in [0.15, 0.2) is 0 Å². The fraction of sp³-hybridized carbons (Fsp3) is 0.267. The predicted octanol–water partition coefficient (Wildman–Crippen LogP) is 2.39. The Morgan fingerprint density at radius 2 is 2.24 bits per heavy atom. The van der Waals surface area contributed by atoms with Gasteiger partial charge in [-0.25, -0.2) is 0 Å². The maximum absolute atomic E-state index is 4.23. The van der Waals surface area contributed by atoms with Crippen LogP contribution in [0.2, 0.25) is 0 Å². The summed E-state index contributed by atoms with van der Waals surface area (Å²) in [5.74, 6) is 0. The molecule has 1 aliphatic heterocycles. The Bertz CT molecular complexity index is 595. The van der Waals surface area contributed by atoms with Crippen molar-refractivity contribution in [3.8, 4) is 0 Å². The second kappa shape index (κ2) is 4.20. The van der Waals surface area contributed by atoms with Crippen molar-refractivity contribution in [2.75, 3.05) is 13.1 Å². The number of aromatic nitrogens is 1. The van der Waals surface area contributed by atoms with Crippen LogP contribution in [0.1, 0.15) is 17.5 Å². The van der Waals surface area contributed by atoms with Crippen LogP contribution in [0, 0.1) is 6.92 Å². The van der Waals surface area contributed by atoms with Gasteiger partial charge in [-0.2, -0.15) is 0 Å². The summed E-state index contributed by atoms with van der Waals surface area (Å²) >= 11 is 0. The molecule has 2 aliphatic rings. The van der Waals surface area contributed by atoms with Crippen molar-refractivity contribution in [1.29, 1.82) is 0 Å². The van der Waals surface area contributed by atoms with Crippen LogP contribution in [-0.2, 0) is 0 Å². The lowest BCUT2D eigenvalue weighted by molar-refractivity contribution is 0.683. The zero-order valence-corrected chi connectivity index (χ0v) is 9.88. The molecule has 0 aromatic carbocycles. The molecule has 0 saturated carbocycles. The maximum Gasteiger partial charge on any atom is 0.0353 e. The first-order valence-electron chi connectivity index (χ1n) is 5.91. The maximum atomic E-state index is 4.23. The first-order chi connectivity index (χ1) is 8.33. The van der Waals surface area contributed by atoms with E-state index >= 15 is 0 Å². The van der Waals surface area contributed by atoms with Crippen LogP contribution in [0.4, 0.5) is 0 Å². The minimum Gasteiger partial charge on any atom is -0.312 e. The van der Waals surface area contributed by atoms with Gasteiger partial charge in [0, 0.05) is 35.6 Å². The smallest absolute Gasteiger partial charge is 0.0353 e. The van der Waals surface area contributed by atoms with Gasteiger partial charge >= 0.3 is 0 Å². The van der Waals surface area contributed by atoms with Gasteiger partial charge in [-0.1, -0.05) is 11.5 Å². The standard InChI is InChI=1S/C15H14N2/c1-11-6-15(10-17-8-11)12-2-3-14-9-16-5-4-13(14)7-12/h6-8,10,16H,4-5,9H2,1H3. The van der Waals surface area contributed by atoms with Gasteiger partial charge in [0.25, 0.3) is 0 Å². The molecule has 0 atom stereocenters. The molecule has 0 unspecified atom stereocenters. The number of hydrogen-bond donors (Lipinski definition) is 1. The summed E-state index contributed by atoms with van der Waals surface area (Å²) in [6, 6.07) is 2.14. The average Bonchev–Trinajstić information content (AvgIpc) is 2.38. The first-order valence-corrected chi connectivity index (χ1v) is 5.91. The lowest BCUT2D eigenvalue weighted by atomic mass is 9.93. The summed E-state index contributed by atoms with van der Waals surface area (Å²) in [5.41, 5.74) is 12.5. The highest BCUT2D eigenvalue weighted by Gasteiger charge is 2.13. The second-order valence-corrected chi connectivity index (χ2v) is 4.49. The van der Waals surface area contributed by atoms with Crippen molar-refractivity contribution < 1.29 is 0 Å². The van der Waals surface area contributed by atoms with E-state index in [1.54, 1.807) is 0 Å². The van der Waals surface area contributed by atoms with Crippen LogP contribution >= 0.6 is 0 Å². The lowest BCUT2D eigenvalue weighted by Crippen LogP contribution is -2.25. The third-order valence-corrected chi connectivity index (χ3v) is 3.11. The Balaban J connectivity index is 2.08. The number of nitrogens with one attached hydrogen (secondary N) is 1. The van der Waals surface area contributed by atoms with E-state index < -0.39 is 0 Å². The van der Waals surface area contributed by atoms with Crippen LogP contribution in [-0.4, -0.2) is 18.1 Å². The summed E-state index contributed by atoms with van der Waals surface area (Å²) in [7, 11) is 0. The molecule has 0 amide bonds. The molecule has 2 nitrogen and oxygen atoms in total. The van der Waals surface area contributed by atoms with Crippen LogP contribution < -0.4 is 5.32 Å². The minimum atomic E-state index is 0.915. The van der Waals surface area contributed by atoms with Crippen molar-refractivity contribution in [2.45, 2.75) is 13.3 Å². The van der Waals surface area contributed by atoms with Gasteiger partial charge in [-0.15, -0.1) is 0 Å². The minimum absolute atomic E-state index is 0.915. The Morgan fingerprint density at radius 3 is 3.12 bits per heavy atom. The van der Waals surface area contributed by atoms with Gasteiger partial charge in [-0.05, 0) is 43.2 Å². The Labute approximate surface area is 101 Å². The fourth-order valence-corrected chi connectivity index (χ4v) is 2.20. The summed E-state index contributed by atoms with van der Waals surface area (Å²) < 4.78 is 0. The molecule has 1 aromatic heterocycles. The zero-order valence-electron chi connectivity index (χ0n) is 9.88. The molecule has 0 spiro atoms. The molecule has 1 fully saturated rings. The van der Waals surface area contributed by atoms with Gasteiger partial charge in [-0.3, -0.25) is 4.98 Å². The highest BCUT2D eigenvalue weighted by Crippen LogP contribution is 2.25. The topological polar surface area (TPSA) is 24.9 Å². The van der Waals surface area contributed by atoms with Gasteiger partial charge in [0.2, 0.25) is 0 Å². The van der Waals surface area contributed by atoms with Crippen molar-refractivity contribution in [1.82, 2.24) is 10.3 Å². The van der Waals surface area contributed by atoms with Crippen LogP contribution in [0.15, 0.2) is 47.1 Å². The summed E-state index contributed by atoms with van der Waals surface area (Å²) in [6.07, 6.45) is 7.06. The molecular weight excluding hydrogens is 208 g/mol. The van der Waals surface area contributed by atoms with E-state index in [1.807, 2.05) is 12.4 Å². The molecule has 0 radical (unpaired) electrons. The SMILES string of the molecule is Cc1cncc(C2=C=C=C3CNCCC3=C2)c1. The second-order valence-electron chi connectivity index (χ2n) is 4.49. The number of allylic oxidation sites excluding steroid dienone is 2. The highest BCUT2D eigenvalue weighted by atomic mass is 14.9. The first kappa shape index (κ1) is 10.3. The number of nitrogens with zero attached hydrogens (tertiary/aromatic N) is 1. The van der Waals surface area contributed by atoms with Gasteiger partial charge in [0.05, 0.1) is 0 Å². The number of piperidine rings is 1. The number of aryl methyl sites for hydroxylation is 1. The monoisotopic (exact) mass is 222 g/mol. The van der Waals surface area contributed by atoms with E-state index in [1.165, 1.54) is 16.7 Å². The number of rotatable bonds is 1. The third kappa shape index (κ3) is 2.02. The van der Waals surface area contributed by atoms with E-state index in [0.29, 0.717) is 0 Å². The van der Waals surface area contributed by atoms with Gasteiger partial charge in [0.1, 0.15) is 0 Å². The van der Waals surface area contributed by atoms with Crippen molar-refractivity contribution in [2.24, 2.45) is 0 Å². The molecule has 84 valence electrons.